The minimum absolute atomic E-state index is 0.0259. The number of aryl methyl sites for hydroxylation is 2. The molecule has 0 unspecified atom stereocenters. The zero-order valence-corrected chi connectivity index (χ0v) is 17.9. The number of para-hydroxylation sites is 1. The van der Waals surface area contributed by atoms with Crippen molar-refractivity contribution in [2.45, 2.75) is 20.4 Å². The Kier molecular flexibility index (Phi) is 5.42. The van der Waals surface area contributed by atoms with Crippen molar-refractivity contribution in [1.82, 2.24) is 4.57 Å². The van der Waals surface area contributed by atoms with Crippen molar-refractivity contribution in [1.29, 1.82) is 0 Å². The van der Waals surface area contributed by atoms with E-state index in [1.54, 1.807) is 13.3 Å². The third-order valence-electron chi connectivity index (χ3n) is 5.11. The average molecular weight is 419 g/mol. The van der Waals surface area contributed by atoms with Gasteiger partial charge in [-0.05, 0) is 54.6 Å². The highest BCUT2D eigenvalue weighted by Gasteiger charge is 2.18. The second-order valence-electron chi connectivity index (χ2n) is 7.18. The van der Waals surface area contributed by atoms with E-state index in [0.717, 1.165) is 33.5 Å². The Morgan fingerprint density at radius 1 is 1.07 bits per heavy atom. The highest BCUT2D eigenvalue weighted by molar-refractivity contribution is 7.12. The molecule has 0 bridgehead atoms. The van der Waals surface area contributed by atoms with E-state index >= 15 is 0 Å². The molecule has 0 aliphatic carbocycles. The van der Waals surface area contributed by atoms with E-state index in [-0.39, 0.29) is 18.2 Å². The molecule has 0 aliphatic rings. The summed E-state index contributed by atoms with van der Waals surface area (Å²) in [6, 6.07) is 15.2. The lowest BCUT2D eigenvalue weighted by atomic mass is 10.1. The van der Waals surface area contributed by atoms with Crippen molar-refractivity contribution in [2.24, 2.45) is 0 Å². The van der Waals surface area contributed by atoms with E-state index < -0.39 is 0 Å². The summed E-state index contributed by atoms with van der Waals surface area (Å²) in [5.41, 5.74) is 4.10. The van der Waals surface area contributed by atoms with Crippen molar-refractivity contribution in [3.05, 3.63) is 81.7 Å². The number of benzene rings is 2. The highest BCUT2D eigenvalue weighted by atomic mass is 32.1. The van der Waals surface area contributed by atoms with Gasteiger partial charge in [-0.25, -0.2) is 0 Å². The van der Waals surface area contributed by atoms with Gasteiger partial charge in [0, 0.05) is 28.4 Å². The second-order valence-corrected chi connectivity index (χ2v) is 8.13. The molecular formula is C24H22N2O3S. The van der Waals surface area contributed by atoms with Gasteiger partial charge in [-0.15, -0.1) is 11.3 Å². The third-order valence-corrected chi connectivity index (χ3v) is 5.98. The molecule has 1 N–H and O–H groups in total. The normalized spacial score (nSPS) is 10.9. The van der Waals surface area contributed by atoms with Gasteiger partial charge in [0.1, 0.15) is 12.3 Å². The molecule has 0 saturated heterocycles. The summed E-state index contributed by atoms with van der Waals surface area (Å²) in [5, 5.41) is 5.72. The molecule has 0 aliphatic heterocycles. The topological polar surface area (TPSA) is 60.3 Å². The Morgan fingerprint density at radius 2 is 1.87 bits per heavy atom. The predicted molar refractivity (Wildman–Crippen MR) is 121 cm³/mol. The largest absolute Gasteiger partial charge is 0.496 e. The van der Waals surface area contributed by atoms with E-state index in [1.807, 2.05) is 72.3 Å². The summed E-state index contributed by atoms with van der Waals surface area (Å²) in [6.45, 7) is 3.99. The summed E-state index contributed by atoms with van der Waals surface area (Å²) >= 11 is 1.42. The number of carbonyl (C=O) groups excluding carboxylic acids is 2. The van der Waals surface area contributed by atoms with Gasteiger partial charge in [0.05, 0.1) is 12.0 Å². The average Bonchev–Trinajstić information content (AvgIpc) is 3.39. The second kappa shape index (κ2) is 8.16. The quantitative estimate of drug-likeness (QED) is 0.438. The minimum Gasteiger partial charge on any atom is -0.496 e. The molecule has 2 heterocycles. The molecule has 0 atom stereocenters. The van der Waals surface area contributed by atoms with Crippen molar-refractivity contribution in [3.63, 3.8) is 0 Å². The predicted octanol–water partition coefficient (Wildman–Crippen LogP) is 5.20. The summed E-state index contributed by atoms with van der Waals surface area (Å²) < 4.78 is 7.17. The Hall–Kier alpha value is -3.38. The van der Waals surface area contributed by atoms with Crippen LogP contribution in [-0.2, 0) is 11.3 Å². The van der Waals surface area contributed by atoms with Gasteiger partial charge in [0.2, 0.25) is 11.7 Å². The lowest BCUT2D eigenvalue weighted by molar-refractivity contribution is -0.116. The summed E-state index contributed by atoms with van der Waals surface area (Å²) in [7, 11) is 1.63. The van der Waals surface area contributed by atoms with Crippen LogP contribution in [0.5, 0.6) is 5.75 Å². The number of hydrogen-bond acceptors (Lipinski definition) is 4. The summed E-state index contributed by atoms with van der Waals surface area (Å²) in [6.07, 6.45) is 1.78. The van der Waals surface area contributed by atoms with Crippen LogP contribution in [0.25, 0.3) is 10.9 Å². The molecule has 6 heteroatoms. The lowest BCUT2D eigenvalue weighted by Gasteiger charge is -2.13. The number of fused-ring (bicyclic) bond motifs is 1. The van der Waals surface area contributed by atoms with E-state index in [0.29, 0.717) is 10.4 Å². The van der Waals surface area contributed by atoms with Gasteiger partial charge >= 0.3 is 0 Å². The number of methoxy groups -OCH3 is 1. The van der Waals surface area contributed by atoms with Gasteiger partial charge in [-0.2, -0.15) is 0 Å². The van der Waals surface area contributed by atoms with Gasteiger partial charge in [-0.3, -0.25) is 9.59 Å². The summed E-state index contributed by atoms with van der Waals surface area (Å²) in [5.74, 6) is 0.610. The number of carbonyl (C=O) groups is 2. The smallest absolute Gasteiger partial charge is 0.244 e. The number of ketones is 1. The fourth-order valence-electron chi connectivity index (χ4n) is 3.59. The monoisotopic (exact) mass is 418 g/mol. The molecule has 5 nitrogen and oxygen atoms in total. The molecule has 0 spiro atoms. The molecule has 4 rings (SSSR count). The number of aromatic nitrogens is 1. The number of anilines is 1. The first-order valence-electron chi connectivity index (χ1n) is 9.59. The number of amides is 1. The molecule has 0 radical (unpaired) electrons. The van der Waals surface area contributed by atoms with Crippen molar-refractivity contribution in [2.75, 3.05) is 12.4 Å². The zero-order chi connectivity index (χ0) is 21.3. The zero-order valence-electron chi connectivity index (χ0n) is 17.1. The van der Waals surface area contributed by atoms with Crippen LogP contribution in [0.1, 0.15) is 26.4 Å². The van der Waals surface area contributed by atoms with E-state index in [9.17, 15) is 9.59 Å². The van der Waals surface area contributed by atoms with Crippen LogP contribution in [0, 0.1) is 13.8 Å². The number of rotatable bonds is 6. The van der Waals surface area contributed by atoms with Crippen LogP contribution in [0.2, 0.25) is 0 Å². The Bertz CT molecular complexity index is 1240. The Labute approximate surface area is 178 Å². The molecule has 30 heavy (non-hydrogen) atoms. The molecular weight excluding hydrogens is 396 g/mol. The van der Waals surface area contributed by atoms with Crippen LogP contribution in [0.4, 0.5) is 5.69 Å². The van der Waals surface area contributed by atoms with Crippen LogP contribution < -0.4 is 10.1 Å². The van der Waals surface area contributed by atoms with Gasteiger partial charge in [0.15, 0.2) is 0 Å². The van der Waals surface area contributed by atoms with E-state index in [4.69, 9.17) is 4.74 Å². The SMILES string of the molecule is COc1cc(C)c(NC(=O)Cn2cc(C(=O)c3cccs3)c3ccccc32)cc1C. The highest BCUT2D eigenvalue weighted by Crippen LogP contribution is 2.27. The molecule has 2 aromatic heterocycles. The van der Waals surface area contributed by atoms with E-state index in [1.165, 1.54) is 11.3 Å². The molecule has 1 amide bonds. The van der Waals surface area contributed by atoms with Gasteiger partial charge in [-0.1, -0.05) is 24.3 Å². The van der Waals surface area contributed by atoms with Gasteiger partial charge < -0.3 is 14.6 Å². The maximum atomic E-state index is 12.9. The first-order valence-corrected chi connectivity index (χ1v) is 10.5. The number of hydrogen-bond donors (Lipinski definition) is 1. The number of ether oxygens (including phenoxy) is 1. The maximum Gasteiger partial charge on any atom is 0.244 e. The van der Waals surface area contributed by atoms with Crippen molar-refractivity contribution < 1.29 is 14.3 Å². The fraction of sp³-hybridized carbons (Fsp3) is 0.167. The van der Waals surface area contributed by atoms with Crippen LogP contribution in [0.15, 0.2) is 60.1 Å². The molecule has 2 aromatic carbocycles. The fourth-order valence-corrected chi connectivity index (χ4v) is 4.27. The summed E-state index contributed by atoms with van der Waals surface area (Å²) in [4.78, 5) is 26.4. The Morgan fingerprint density at radius 3 is 2.60 bits per heavy atom. The number of nitrogens with zero attached hydrogens (tertiary/aromatic N) is 1. The van der Waals surface area contributed by atoms with Crippen molar-refractivity contribution >= 4 is 39.6 Å². The van der Waals surface area contributed by atoms with Crippen molar-refractivity contribution in [3.8, 4) is 5.75 Å². The van der Waals surface area contributed by atoms with Crippen LogP contribution in [0.3, 0.4) is 0 Å². The first kappa shape index (κ1) is 19.9. The van der Waals surface area contributed by atoms with Gasteiger partial charge in [0.25, 0.3) is 0 Å². The molecule has 0 fully saturated rings. The minimum atomic E-state index is -0.154. The standard InChI is InChI=1S/C24H22N2O3S/c1-15-12-21(29-3)16(2)11-19(15)25-23(27)14-26-13-18(17-7-4-5-8-20(17)26)24(28)22-9-6-10-30-22/h4-13H,14H2,1-3H3,(H,25,27). The molecule has 152 valence electrons. The number of thiophene rings is 1. The maximum absolute atomic E-state index is 12.9. The lowest BCUT2D eigenvalue weighted by Crippen LogP contribution is -2.19. The molecule has 4 aromatic rings. The van der Waals surface area contributed by atoms with Crippen LogP contribution >= 0.6 is 11.3 Å². The Balaban J connectivity index is 1.62. The van der Waals surface area contributed by atoms with E-state index in [2.05, 4.69) is 5.32 Å². The molecule has 0 saturated carbocycles. The van der Waals surface area contributed by atoms with Crippen LogP contribution in [-0.4, -0.2) is 23.4 Å². The number of nitrogens with one attached hydrogen (secondary N) is 1. The third kappa shape index (κ3) is 3.74. The first-order chi connectivity index (χ1) is 14.5.